The lowest BCUT2D eigenvalue weighted by Gasteiger charge is -2.33. The minimum Gasteiger partial charge on any atom is -0.480 e. The third-order valence-corrected chi connectivity index (χ3v) is 4.88. The van der Waals surface area contributed by atoms with Crippen molar-refractivity contribution in [3.05, 3.63) is 48.2 Å². The van der Waals surface area contributed by atoms with Crippen molar-refractivity contribution in [2.24, 2.45) is 0 Å². The number of rotatable bonds is 3. The summed E-state index contributed by atoms with van der Waals surface area (Å²) >= 11 is 0. The molecule has 0 radical (unpaired) electrons. The van der Waals surface area contributed by atoms with Crippen LogP contribution >= 0.6 is 0 Å². The molecule has 0 aliphatic carbocycles. The maximum absolute atomic E-state index is 12.7. The quantitative estimate of drug-likeness (QED) is 0.685. The first-order chi connectivity index (χ1) is 12.1. The molecule has 0 saturated carbocycles. The molecule has 4 rings (SSSR count). The van der Waals surface area contributed by atoms with Crippen LogP contribution in [0.1, 0.15) is 23.3 Å². The third kappa shape index (κ3) is 2.64. The number of fused-ring (bicyclic) bond motifs is 3. The van der Waals surface area contributed by atoms with Crippen LogP contribution < -0.4 is 5.32 Å². The van der Waals surface area contributed by atoms with Crippen LogP contribution in [0.25, 0.3) is 21.7 Å². The Hall–Kier alpha value is -2.86. The van der Waals surface area contributed by atoms with E-state index in [-0.39, 0.29) is 12.8 Å². The van der Waals surface area contributed by atoms with E-state index in [1.54, 1.807) is 6.07 Å². The van der Waals surface area contributed by atoms with E-state index in [4.69, 9.17) is 4.74 Å². The van der Waals surface area contributed by atoms with Crippen LogP contribution in [-0.2, 0) is 9.53 Å². The summed E-state index contributed by atoms with van der Waals surface area (Å²) in [7, 11) is 0. The predicted molar refractivity (Wildman–Crippen MR) is 93.7 cm³/mol. The Kier molecular flexibility index (Phi) is 3.69. The van der Waals surface area contributed by atoms with E-state index >= 15 is 0 Å². The van der Waals surface area contributed by atoms with E-state index in [1.807, 2.05) is 36.4 Å². The fourth-order valence-electron chi connectivity index (χ4n) is 3.40. The molecule has 128 valence electrons. The number of aliphatic carboxylic acids is 1. The number of hydrogen-bond donors (Lipinski definition) is 3. The van der Waals surface area contributed by atoms with E-state index < -0.39 is 17.4 Å². The Morgan fingerprint density at radius 3 is 2.60 bits per heavy atom. The van der Waals surface area contributed by atoms with Crippen LogP contribution in [0.5, 0.6) is 0 Å². The molecular weight excluding hydrogens is 320 g/mol. The monoisotopic (exact) mass is 338 g/mol. The second-order valence-electron chi connectivity index (χ2n) is 6.38. The van der Waals surface area contributed by atoms with Gasteiger partial charge in [0.05, 0.1) is 0 Å². The molecule has 1 aromatic heterocycles. The van der Waals surface area contributed by atoms with Crippen molar-refractivity contribution >= 4 is 33.6 Å². The first-order valence-electron chi connectivity index (χ1n) is 8.23. The normalized spacial score (nSPS) is 16.8. The average Bonchev–Trinajstić information content (AvgIpc) is 3.07. The molecule has 3 aromatic rings. The predicted octanol–water partition coefficient (Wildman–Crippen LogP) is 2.68. The van der Waals surface area contributed by atoms with Gasteiger partial charge in [0.25, 0.3) is 5.91 Å². The Morgan fingerprint density at radius 2 is 1.84 bits per heavy atom. The number of ether oxygens (including phenoxy) is 1. The lowest BCUT2D eigenvalue weighted by Crippen LogP contribution is -2.57. The Balaban J connectivity index is 1.70. The number of hydrogen-bond acceptors (Lipinski definition) is 3. The average molecular weight is 338 g/mol. The molecule has 2 heterocycles. The van der Waals surface area contributed by atoms with E-state index in [9.17, 15) is 14.7 Å². The molecular formula is C19H18N2O4. The van der Waals surface area contributed by atoms with Crippen LogP contribution in [0.3, 0.4) is 0 Å². The molecule has 1 fully saturated rings. The van der Waals surface area contributed by atoms with Crippen molar-refractivity contribution in [3.8, 4) is 0 Å². The minimum atomic E-state index is -1.27. The number of carboxylic acid groups (broad SMARTS) is 1. The molecule has 0 atom stereocenters. The van der Waals surface area contributed by atoms with Gasteiger partial charge in [0, 0.05) is 37.0 Å². The van der Waals surface area contributed by atoms with Gasteiger partial charge in [-0.25, -0.2) is 4.79 Å². The molecule has 6 heteroatoms. The van der Waals surface area contributed by atoms with Crippen LogP contribution in [0.15, 0.2) is 42.5 Å². The number of carbonyl (C=O) groups excluding carboxylic acids is 1. The number of aromatic nitrogens is 1. The SMILES string of the molecule is O=C(NC1(C(=O)O)CCOCC1)c1cc2c(ccc3ccccc32)[nH]1. The van der Waals surface area contributed by atoms with E-state index in [1.165, 1.54) is 0 Å². The van der Waals surface area contributed by atoms with E-state index in [0.29, 0.717) is 18.9 Å². The van der Waals surface area contributed by atoms with Crippen molar-refractivity contribution < 1.29 is 19.4 Å². The van der Waals surface area contributed by atoms with E-state index in [0.717, 1.165) is 21.7 Å². The van der Waals surface area contributed by atoms with Gasteiger partial charge >= 0.3 is 5.97 Å². The van der Waals surface area contributed by atoms with E-state index in [2.05, 4.69) is 10.3 Å². The van der Waals surface area contributed by atoms with Crippen LogP contribution in [-0.4, -0.2) is 40.7 Å². The number of amides is 1. The Morgan fingerprint density at radius 1 is 1.08 bits per heavy atom. The number of aromatic amines is 1. The molecule has 2 aromatic carbocycles. The molecule has 1 aliphatic rings. The summed E-state index contributed by atoms with van der Waals surface area (Å²) in [6.07, 6.45) is 0.522. The molecule has 3 N–H and O–H groups in total. The lowest BCUT2D eigenvalue weighted by molar-refractivity contribution is -0.148. The summed E-state index contributed by atoms with van der Waals surface area (Å²) in [5, 5.41) is 15.4. The molecule has 1 amide bonds. The summed E-state index contributed by atoms with van der Waals surface area (Å²) in [5.74, 6) is -1.43. The zero-order valence-electron chi connectivity index (χ0n) is 13.5. The van der Waals surface area contributed by atoms with Gasteiger partial charge in [-0.15, -0.1) is 0 Å². The molecule has 0 spiro atoms. The number of carboxylic acids is 1. The number of H-pyrrole nitrogens is 1. The van der Waals surface area contributed by atoms with Gasteiger partial charge in [0.1, 0.15) is 11.2 Å². The fourth-order valence-corrected chi connectivity index (χ4v) is 3.40. The highest BCUT2D eigenvalue weighted by atomic mass is 16.5. The van der Waals surface area contributed by atoms with Gasteiger partial charge < -0.3 is 20.1 Å². The standard InChI is InChI=1S/C19H18N2O4/c22-17(21-19(18(23)24)7-9-25-10-8-19)16-11-14-13-4-2-1-3-12(13)5-6-15(14)20-16/h1-6,11,20H,7-10H2,(H,21,22)(H,23,24). The fraction of sp³-hybridized carbons (Fsp3) is 0.263. The maximum Gasteiger partial charge on any atom is 0.329 e. The Bertz CT molecular complexity index is 970. The topological polar surface area (TPSA) is 91.4 Å². The van der Waals surface area contributed by atoms with Crippen molar-refractivity contribution in [1.82, 2.24) is 10.3 Å². The second-order valence-corrected chi connectivity index (χ2v) is 6.38. The second kappa shape index (κ2) is 5.89. The highest BCUT2D eigenvalue weighted by molar-refractivity contribution is 6.10. The largest absolute Gasteiger partial charge is 0.480 e. The lowest BCUT2D eigenvalue weighted by atomic mass is 9.90. The molecule has 1 saturated heterocycles. The van der Waals surface area contributed by atoms with Gasteiger partial charge in [-0.1, -0.05) is 30.3 Å². The molecule has 0 bridgehead atoms. The first-order valence-corrected chi connectivity index (χ1v) is 8.23. The zero-order valence-corrected chi connectivity index (χ0v) is 13.5. The first kappa shape index (κ1) is 15.7. The van der Waals surface area contributed by atoms with Gasteiger partial charge in [0.2, 0.25) is 0 Å². The maximum atomic E-state index is 12.7. The number of benzene rings is 2. The smallest absolute Gasteiger partial charge is 0.329 e. The summed E-state index contributed by atoms with van der Waals surface area (Å²) < 4.78 is 5.24. The summed E-state index contributed by atoms with van der Waals surface area (Å²) in [6.45, 7) is 0.647. The van der Waals surface area contributed by atoms with Crippen molar-refractivity contribution in [2.75, 3.05) is 13.2 Å². The van der Waals surface area contributed by atoms with Gasteiger partial charge in [-0.2, -0.15) is 0 Å². The minimum absolute atomic E-state index is 0.261. The highest BCUT2D eigenvalue weighted by Gasteiger charge is 2.42. The summed E-state index contributed by atoms with van der Waals surface area (Å²) in [6, 6.07) is 13.6. The number of nitrogens with one attached hydrogen (secondary N) is 2. The third-order valence-electron chi connectivity index (χ3n) is 4.88. The molecule has 1 aliphatic heterocycles. The molecule has 6 nitrogen and oxygen atoms in total. The Labute approximate surface area is 143 Å². The van der Waals surface area contributed by atoms with Crippen molar-refractivity contribution in [3.63, 3.8) is 0 Å². The van der Waals surface area contributed by atoms with Crippen molar-refractivity contribution in [1.29, 1.82) is 0 Å². The summed E-state index contributed by atoms with van der Waals surface area (Å²) in [4.78, 5) is 27.5. The van der Waals surface area contributed by atoms with Gasteiger partial charge in [-0.3, -0.25) is 4.79 Å². The van der Waals surface area contributed by atoms with Gasteiger partial charge in [0.15, 0.2) is 0 Å². The molecule has 25 heavy (non-hydrogen) atoms. The highest BCUT2D eigenvalue weighted by Crippen LogP contribution is 2.27. The molecule has 0 unspecified atom stereocenters. The van der Waals surface area contributed by atoms with Crippen LogP contribution in [0, 0.1) is 0 Å². The van der Waals surface area contributed by atoms with Crippen LogP contribution in [0.4, 0.5) is 0 Å². The van der Waals surface area contributed by atoms with Crippen molar-refractivity contribution in [2.45, 2.75) is 18.4 Å². The van der Waals surface area contributed by atoms with Gasteiger partial charge in [-0.05, 0) is 22.9 Å². The van der Waals surface area contributed by atoms with Crippen LogP contribution in [0.2, 0.25) is 0 Å². The number of carbonyl (C=O) groups is 2. The zero-order chi connectivity index (χ0) is 17.4. The summed E-state index contributed by atoms with van der Waals surface area (Å²) in [5.41, 5.74) is -0.0620.